The number of carbonyl (C=O) groups excluding carboxylic acids is 2. The van der Waals surface area contributed by atoms with Gasteiger partial charge in [0.15, 0.2) is 0 Å². The van der Waals surface area contributed by atoms with Crippen LogP contribution in [0.25, 0.3) is 0 Å². The van der Waals surface area contributed by atoms with E-state index in [9.17, 15) is 18.0 Å². The molecule has 3 aromatic carbocycles. The molecule has 2 amide bonds. The van der Waals surface area contributed by atoms with Gasteiger partial charge in [0.2, 0.25) is 21.8 Å². The number of carbonyl (C=O) groups is 2. The molecule has 0 spiro atoms. The van der Waals surface area contributed by atoms with Crippen LogP contribution in [0.1, 0.15) is 49.3 Å². The minimum atomic E-state index is -3.57. The summed E-state index contributed by atoms with van der Waals surface area (Å²) in [6.45, 7) is 4.81. The highest BCUT2D eigenvalue weighted by Gasteiger charge is 2.30. The number of nitrogens with one attached hydrogen (secondary N) is 1. The van der Waals surface area contributed by atoms with E-state index in [0.29, 0.717) is 30.8 Å². The predicted molar refractivity (Wildman–Crippen MR) is 168 cm³/mol. The molecule has 1 N–H and O–H groups in total. The smallest absolute Gasteiger partial charge is 0.243 e. The number of unbranched alkanes of at least 4 members (excludes halogenated alkanes) is 1. The molecule has 0 aliphatic carbocycles. The van der Waals surface area contributed by atoms with Gasteiger partial charge in [0.1, 0.15) is 11.8 Å². The maximum Gasteiger partial charge on any atom is 0.243 e. The fourth-order valence-corrected chi connectivity index (χ4v) is 5.88. The largest absolute Gasteiger partial charge is 0.497 e. The summed E-state index contributed by atoms with van der Waals surface area (Å²) in [4.78, 5) is 29.2. The first-order valence-corrected chi connectivity index (χ1v) is 16.3. The summed E-state index contributed by atoms with van der Waals surface area (Å²) in [7, 11) is -1.98. The first-order valence-electron chi connectivity index (χ1n) is 14.4. The Hall–Kier alpha value is -3.85. The Morgan fingerprint density at radius 2 is 1.62 bits per heavy atom. The molecule has 0 heterocycles. The number of anilines is 1. The first kappa shape index (κ1) is 32.7. The lowest BCUT2D eigenvalue weighted by molar-refractivity contribution is -0.141. The van der Waals surface area contributed by atoms with Crippen LogP contribution < -0.4 is 14.4 Å². The Morgan fingerprint density at radius 3 is 2.29 bits per heavy atom. The number of sulfonamides is 1. The van der Waals surface area contributed by atoms with Crippen LogP contribution in [0.5, 0.6) is 5.75 Å². The zero-order valence-electron chi connectivity index (χ0n) is 25.1. The Balaban J connectivity index is 1.89. The minimum Gasteiger partial charge on any atom is -0.497 e. The van der Waals surface area contributed by atoms with Gasteiger partial charge < -0.3 is 15.0 Å². The lowest BCUT2D eigenvalue weighted by atomic mass is 10.0. The topological polar surface area (TPSA) is 96.0 Å². The Morgan fingerprint density at radius 1 is 0.929 bits per heavy atom. The summed E-state index contributed by atoms with van der Waals surface area (Å²) < 4.78 is 32.1. The van der Waals surface area contributed by atoms with Gasteiger partial charge >= 0.3 is 0 Å². The molecule has 8 nitrogen and oxygen atoms in total. The SMILES string of the molecule is CCCCNC(=O)[C@H](Cc1ccccc1)N(Cc1cccc(OC)c1)C(=O)CCCN(c1ccccc1C)S(C)(=O)=O. The molecule has 0 radical (unpaired) electrons. The van der Waals surface area contributed by atoms with Crippen LogP contribution in [0.2, 0.25) is 0 Å². The molecule has 0 aliphatic rings. The summed E-state index contributed by atoms with van der Waals surface area (Å²) in [6, 6.07) is 23.7. The molecular formula is C33H43N3O5S. The second kappa shape index (κ2) is 16.0. The number of benzene rings is 3. The summed E-state index contributed by atoms with van der Waals surface area (Å²) in [5.74, 6) is 0.234. The van der Waals surface area contributed by atoms with Gasteiger partial charge in [-0.15, -0.1) is 0 Å². The summed E-state index contributed by atoms with van der Waals surface area (Å²) in [5.41, 5.74) is 3.21. The van der Waals surface area contributed by atoms with Gasteiger partial charge in [0.05, 0.1) is 19.1 Å². The van der Waals surface area contributed by atoms with Crippen molar-refractivity contribution in [3.63, 3.8) is 0 Å². The van der Waals surface area contributed by atoms with Crippen molar-refractivity contribution in [2.75, 3.05) is 30.8 Å². The third-order valence-corrected chi connectivity index (χ3v) is 8.30. The van der Waals surface area contributed by atoms with Crippen LogP contribution in [0, 0.1) is 6.92 Å². The van der Waals surface area contributed by atoms with E-state index < -0.39 is 16.1 Å². The van der Waals surface area contributed by atoms with Gasteiger partial charge in [-0.2, -0.15) is 0 Å². The molecule has 3 rings (SSSR count). The molecule has 0 unspecified atom stereocenters. The van der Waals surface area contributed by atoms with Gasteiger partial charge in [-0.1, -0.05) is 74.0 Å². The maximum atomic E-state index is 13.9. The van der Waals surface area contributed by atoms with Crippen LogP contribution in [0.3, 0.4) is 0 Å². The molecule has 3 aromatic rings. The molecule has 0 saturated carbocycles. The zero-order chi connectivity index (χ0) is 30.5. The highest BCUT2D eigenvalue weighted by atomic mass is 32.2. The highest BCUT2D eigenvalue weighted by molar-refractivity contribution is 7.92. The number of hydrogen-bond acceptors (Lipinski definition) is 5. The molecule has 1 atom stereocenters. The number of aryl methyl sites for hydroxylation is 1. The highest BCUT2D eigenvalue weighted by Crippen LogP contribution is 2.24. The third-order valence-electron chi connectivity index (χ3n) is 7.12. The van der Waals surface area contributed by atoms with Gasteiger partial charge in [-0.05, 0) is 54.7 Å². The molecule has 0 bridgehead atoms. The van der Waals surface area contributed by atoms with Crippen LogP contribution in [0.4, 0.5) is 5.69 Å². The molecule has 0 aliphatic heterocycles. The van der Waals surface area contributed by atoms with Crippen molar-refractivity contribution in [3.8, 4) is 5.75 Å². The lowest BCUT2D eigenvalue weighted by Gasteiger charge is -2.32. The number of amides is 2. The monoisotopic (exact) mass is 593 g/mol. The number of hydrogen-bond donors (Lipinski definition) is 1. The number of rotatable bonds is 16. The van der Waals surface area contributed by atoms with E-state index in [2.05, 4.69) is 12.2 Å². The van der Waals surface area contributed by atoms with Crippen molar-refractivity contribution < 1.29 is 22.7 Å². The summed E-state index contributed by atoms with van der Waals surface area (Å²) in [6.07, 6.45) is 3.68. The number of methoxy groups -OCH3 is 1. The minimum absolute atomic E-state index is 0.0788. The van der Waals surface area contributed by atoms with Crippen molar-refractivity contribution in [3.05, 3.63) is 95.6 Å². The Bertz CT molecular complexity index is 1410. The maximum absolute atomic E-state index is 13.9. The lowest BCUT2D eigenvalue weighted by Crippen LogP contribution is -2.50. The van der Waals surface area contributed by atoms with Crippen LogP contribution in [-0.2, 0) is 32.6 Å². The average Bonchev–Trinajstić information content (AvgIpc) is 2.97. The van der Waals surface area contributed by atoms with Crippen molar-refractivity contribution in [2.24, 2.45) is 0 Å². The second-order valence-corrected chi connectivity index (χ2v) is 12.4. The van der Waals surface area contributed by atoms with Gasteiger partial charge in [0, 0.05) is 32.5 Å². The van der Waals surface area contributed by atoms with E-state index in [1.165, 1.54) is 10.6 Å². The molecule has 9 heteroatoms. The molecular weight excluding hydrogens is 550 g/mol. The zero-order valence-corrected chi connectivity index (χ0v) is 25.9. The molecule has 0 fully saturated rings. The quantitative estimate of drug-likeness (QED) is 0.233. The normalized spacial score (nSPS) is 11.9. The number of para-hydroxylation sites is 1. The average molecular weight is 594 g/mol. The molecule has 226 valence electrons. The van der Waals surface area contributed by atoms with Gasteiger partial charge in [-0.25, -0.2) is 8.42 Å². The third kappa shape index (κ3) is 9.62. The fourth-order valence-electron chi connectivity index (χ4n) is 4.85. The van der Waals surface area contributed by atoms with E-state index in [0.717, 1.165) is 29.5 Å². The second-order valence-electron chi connectivity index (χ2n) is 10.4. The van der Waals surface area contributed by atoms with Crippen molar-refractivity contribution in [1.82, 2.24) is 10.2 Å². The van der Waals surface area contributed by atoms with Crippen molar-refractivity contribution in [1.29, 1.82) is 0 Å². The molecule has 42 heavy (non-hydrogen) atoms. The predicted octanol–water partition coefficient (Wildman–Crippen LogP) is 5.11. The van der Waals surface area contributed by atoms with E-state index in [4.69, 9.17) is 4.74 Å². The van der Waals surface area contributed by atoms with E-state index >= 15 is 0 Å². The van der Waals surface area contributed by atoms with E-state index in [1.54, 1.807) is 24.1 Å². The van der Waals surface area contributed by atoms with Crippen LogP contribution in [-0.4, -0.2) is 57.6 Å². The van der Waals surface area contributed by atoms with E-state index in [1.807, 2.05) is 73.7 Å². The van der Waals surface area contributed by atoms with Crippen molar-refractivity contribution >= 4 is 27.5 Å². The van der Waals surface area contributed by atoms with Crippen LogP contribution >= 0.6 is 0 Å². The van der Waals surface area contributed by atoms with Crippen molar-refractivity contribution in [2.45, 2.75) is 58.5 Å². The van der Waals surface area contributed by atoms with Crippen LogP contribution in [0.15, 0.2) is 78.9 Å². The van der Waals surface area contributed by atoms with Gasteiger partial charge in [-0.3, -0.25) is 13.9 Å². The number of ether oxygens (including phenoxy) is 1. The summed E-state index contributed by atoms with van der Waals surface area (Å²) in [5, 5.41) is 3.02. The standard InChI is InChI=1S/C33H43N3O5S/c1-5-6-21-34-33(38)31(24-27-15-8-7-9-16-27)35(25-28-17-12-18-29(23-28)41-3)32(37)20-13-22-36(42(4,39)40)30-19-11-10-14-26(30)2/h7-12,14-19,23,31H,5-6,13,20-22,24-25H2,1-4H3,(H,34,38)/t31-/m0/s1. The first-order chi connectivity index (χ1) is 20.1. The molecule has 0 aromatic heterocycles. The molecule has 0 saturated heterocycles. The van der Waals surface area contributed by atoms with Gasteiger partial charge in [0.25, 0.3) is 0 Å². The Labute approximate surface area is 250 Å². The fraction of sp³-hybridized carbons (Fsp3) is 0.394. The van der Waals surface area contributed by atoms with E-state index in [-0.39, 0.29) is 31.3 Å². The Kier molecular flexibility index (Phi) is 12.4. The summed E-state index contributed by atoms with van der Waals surface area (Å²) >= 11 is 0. The number of nitrogens with zero attached hydrogens (tertiary/aromatic N) is 2.